The van der Waals surface area contributed by atoms with E-state index in [-0.39, 0.29) is 11.9 Å². The maximum absolute atomic E-state index is 12.6. The summed E-state index contributed by atoms with van der Waals surface area (Å²) in [5.41, 5.74) is 2.79. The SMILES string of the molecule is Cc1c(C(=O)NC[C@@H](c2ccsc2)N(C)C)oc2ccc(Br)cc12. The number of hydrogen-bond acceptors (Lipinski definition) is 4. The number of hydrogen-bond donors (Lipinski definition) is 1. The highest BCUT2D eigenvalue weighted by molar-refractivity contribution is 9.10. The Kier molecular flexibility index (Phi) is 5.08. The van der Waals surface area contributed by atoms with E-state index in [0.29, 0.717) is 12.3 Å². The molecule has 0 radical (unpaired) electrons. The van der Waals surface area contributed by atoms with Crippen LogP contribution in [0.5, 0.6) is 0 Å². The maximum atomic E-state index is 12.6. The number of aryl methyl sites for hydroxylation is 1. The van der Waals surface area contributed by atoms with Gasteiger partial charge in [0.1, 0.15) is 5.58 Å². The summed E-state index contributed by atoms with van der Waals surface area (Å²) in [4.78, 5) is 14.7. The summed E-state index contributed by atoms with van der Waals surface area (Å²) in [6.45, 7) is 2.44. The van der Waals surface area contributed by atoms with Gasteiger partial charge in [-0.1, -0.05) is 15.9 Å². The number of fused-ring (bicyclic) bond motifs is 1. The van der Waals surface area contributed by atoms with Crippen molar-refractivity contribution in [2.75, 3.05) is 20.6 Å². The van der Waals surface area contributed by atoms with Crippen molar-refractivity contribution >= 4 is 44.1 Å². The Labute approximate surface area is 153 Å². The first-order valence-electron chi connectivity index (χ1n) is 7.62. The predicted octanol–water partition coefficient (Wildman–Crippen LogP) is 4.60. The lowest BCUT2D eigenvalue weighted by Crippen LogP contribution is -2.34. The van der Waals surface area contributed by atoms with Crippen LogP contribution in [0.2, 0.25) is 0 Å². The number of benzene rings is 1. The first kappa shape index (κ1) is 17.2. The van der Waals surface area contributed by atoms with Gasteiger partial charge in [0.25, 0.3) is 5.91 Å². The second-order valence-corrected chi connectivity index (χ2v) is 7.64. The molecule has 1 amide bonds. The number of carbonyl (C=O) groups is 1. The van der Waals surface area contributed by atoms with Gasteiger partial charge < -0.3 is 14.6 Å². The van der Waals surface area contributed by atoms with Crippen LogP contribution >= 0.6 is 27.3 Å². The van der Waals surface area contributed by atoms with Crippen LogP contribution in [-0.4, -0.2) is 31.4 Å². The molecule has 2 heterocycles. The zero-order valence-electron chi connectivity index (χ0n) is 13.8. The Balaban J connectivity index is 1.79. The quantitative estimate of drug-likeness (QED) is 0.673. The van der Waals surface area contributed by atoms with Crippen LogP contribution in [-0.2, 0) is 0 Å². The molecule has 126 valence electrons. The molecule has 0 saturated heterocycles. The van der Waals surface area contributed by atoms with Gasteiger partial charge in [0.2, 0.25) is 0 Å². The summed E-state index contributed by atoms with van der Waals surface area (Å²) in [6.07, 6.45) is 0. The van der Waals surface area contributed by atoms with E-state index < -0.39 is 0 Å². The Morgan fingerprint density at radius 2 is 2.17 bits per heavy atom. The van der Waals surface area contributed by atoms with E-state index in [1.165, 1.54) is 5.56 Å². The number of rotatable bonds is 5. The van der Waals surface area contributed by atoms with Gasteiger partial charge in [-0.3, -0.25) is 4.79 Å². The van der Waals surface area contributed by atoms with E-state index in [9.17, 15) is 4.79 Å². The number of halogens is 1. The van der Waals surface area contributed by atoms with Crippen LogP contribution in [0, 0.1) is 6.92 Å². The van der Waals surface area contributed by atoms with E-state index in [1.807, 2.05) is 39.2 Å². The van der Waals surface area contributed by atoms with E-state index in [2.05, 4.69) is 43.0 Å². The zero-order chi connectivity index (χ0) is 17.3. The fourth-order valence-electron chi connectivity index (χ4n) is 2.74. The van der Waals surface area contributed by atoms with Crippen molar-refractivity contribution in [3.63, 3.8) is 0 Å². The lowest BCUT2D eigenvalue weighted by Gasteiger charge is -2.23. The third-order valence-corrected chi connectivity index (χ3v) is 5.31. The van der Waals surface area contributed by atoms with Crippen LogP contribution in [0.4, 0.5) is 0 Å². The summed E-state index contributed by atoms with van der Waals surface area (Å²) in [6, 6.07) is 7.98. The topological polar surface area (TPSA) is 45.5 Å². The van der Waals surface area contributed by atoms with Gasteiger partial charge in [-0.2, -0.15) is 11.3 Å². The van der Waals surface area contributed by atoms with Gasteiger partial charge in [0, 0.05) is 22.0 Å². The summed E-state index contributed by atoms with van der Waals surface area (Å²) >= 11 is 5.11. The molecular weight excluding hydrogens is 388 g/mol. The molecule has 4 nitrogen and oxygen atoms in total. The molecule has 0 fully saturated rings. The molecule has 3 aromatic rings. The molecule has 3 rings (SSSR count). The molecular formula is C18H19BrN2O2S. The number of likely N-dealkylation sites (N-methyl/N-ethyl adjacent to an activating group) is 1. The van der Waals surface area contributed by atoms with Crippen LogP contribution in [0.3, 0.4) is 0 Å². The Bertz CT molecular complexity index is 855. The molecule has 2 aromatic heterocycles. The third kappa shape index (κ3) is 3.41. The number of amides is 1. The number of furan rings is 1. The molecule has 0 saturated carbocycles. The molecule has 1 atom stereocenters. The first-order chi connectivity index (χ1) is 11.5. The molecule has 1 aromatic carbocycles. The Morgan fingerprint density at radius 3 is 2.83 bits per heavy atom. The van der Waals surface area contributed by atoms with Crippen molar-refractivity contribution in [2.45, 2.75) is 13.0 Å². The van der Waals surface area contributed by atoms with E-state index >= 15 is 0 Å². The fraction of sp³-hybridized carbons (Fsp3) is 0.278. The highest BCUT2D eigenvalue weighted by atomic mass is 79.9. The normalized spacial score (nSPS) is 12.7. The van der Waals surface area contributed by atoms with Crippen molar-refractivity contribution in [3.05, 3.63) is 56.4 Å². The Hall–Kier alpha value is -1.63. The van der Waals surface area contributed by atoms with Gasteiger partial charge >= 0.3 is 0 Å². The number of thiophene rings is 1. The van der Waals surface area contributed by atoms with Gasteiger partial charge in [-0.05, 0) is 61.6 Å². The average molecular weight is 407 g/mol. The number of nitrogens with zero attached hydrogens (tertiary/aromatic N) is 1. The largest absolute Gasteiger partial charge is 0.451 e. The monoisotopic (exact) mass is 406 g/mol. The van der Waals surface area contributed by atoms with Gasteiger partial charge in [-0.15, -0.1) is 0 Å². The van der Waals surface area contributed by atoms with Crippen molar-refractivity contribution in [3.8, 4) is 0 Å². The van der Waals surface area contributed by atoms with Crippen LogP contribution < -0.4 is 5.32 Å². The molecule has 0 aliphatic heterocycles. The smallest absolute Gasteiger partial charge is 0.287 e. The van der Waals surface area contributed by atoms with Crippen molar-refractivity contribution in [2.24, 2.45) is 0 Å². The average Bonchev–Trinajstić information content (AvgIpc) is 3.16. The minimum Gasteiger partial charge on any atom is -0.451 e. The minimum atomic E-state index is -0.179. The maximum Gasteiger partial charge on any atom is 0.287 e. The third-order valence-electron chi connectivity index (χ3n) is 4.11. The fourth-order valence-corrected chi connectivity index (χ4v) is 3.81. The van der Waals surface area contributed by atoms with E-state index in [0.717, 1.165) is 21.0 Å². The zero-order valence-corrected chi connectivity index (χ0v) is 16.2. The lowest BCUT2D eigenvalue weighted by molar-refractivity contribution is 0.0915. The first-order valence-corrected chi connectivity index (χ1v) is 9.36. The number of nitrogens with one attached hydrogen (secondary N) is 1. The highest BCUT2D eigenvalue weighted by Gasteiger charge is 2.20. The molecule has 24 heavy (non-hydrogen) atoms. The summed E-state index contributed by atoms with van der Waals surface area (Å²) < 4.78 is 6.72. The second-order valence-electron chi connectivity index (χ2n) is 5.94. The standard InChI is InChI=1S/C18H19BrN2O2S/c1-11-14-8-13(19)4-5-16(14)23-17(11)18(22)20-9-15(21(2)3)12-6-7-24-10-12/h4-8,10,15H,9H2,1-3H3,(H,20,22)/t15-/m0/s1. The van der Waals surface area contributed by atoms with E-state index in [1.54, 1.807) is 11.3 Å². The number of carbonyl (C=O) groups excluding carboxylic acids is 1. The molecule has 0 spiro atoms. The predicted molar refractivity (Wildman–Crippen MR) is 102 cm³/mol. The van der Waals surface area contributed by atoms with Crippen LogP contribution in [0.15, 0.2) is 43.9 Å². The highest BCUT2D eigenvalue weighted by Crippen LogP contribution is 2.28. The molecule has 0 bridgehead atoms. The lowest BCUT2D eigenvalue weighted by atomic mass is 10.1. The van der Waals surface area contributed by atoms with E-state index in [4.69, 9.17) is 4.42 Å². The van der Waals surface area contributed by atoms with Gasteiger partial charge in [0.05, 0.1) is 6.04 Å². The van der Waals surface area contributed by atoms with Crippen molar-refractivity contribution in [1.29, 1.82) is 0 Å². The molecule has 6 heteroatoms. The minimum absolute atomic E-state index is 0.138. The summed E-state index contributed by atoms with van der Waals surface area (Å²) in [5, 5.41) is 8.12. The summed E-state index contributed by atoms with van der Waals surface area (Å²) in [7, 11) is 4.02. The molecule has 1 N–H and O–H groups in total. The van der Waals surface area contributed by atoms with Gasteiger partial charge in [-0.25, -0.2) is 0 Å². The van der Waals surface area contributed by atoms with Gasteiger partial charge in [0.15, 0.2) is 5.76 Å². The second kappa shape index (κ2) is 7.09. The van der Waals surface area contributed by atoms with Crippen molar-refractivity contribution in [1.82, 2.24) is 10.2 Å². The van der Waals surface area contributed by atoms with Crippen LogP contribution in [0.25, 0.3) is 11.0 Å². The van der Waals surface area contributed by atoms with Crippen molar-refractivity contribution < 1.29 is 9.21 Å². The Morgan fingerprint density at radius 1 is 1.38 bits per heavy atom. The molecule has 0 aliphatic carbocycles. The summed E-state index contributed by atoms with van der Waals surface area (Å²) in [5.74, 6) is 0.202. The molecule has 0 aliphatic rings. The molecule has 0 unspecified atom stereocenters. The van der Waals surface area contributed by atoms with Crippen LogP contribution in [0.1, 0.15) is 27.7 Å².